The zero-order valence-electron chi connectivity index (χ0n) is 10.6. The summed E-state index contributed by atoms with van der Waals surface area (Å²) < 4.78 is 0.884. The van der Waals surface area contributed by atoms with Crippen LogP contribution in [-0.4, -0.2) is 68.8 Å². The summed E-state index contributed by atoms with van der Waals surface area (Å²) in [6, 6.07) is 0. The predicted molar refractivity (Wildman–Crippen MR) is 62.6 cm³/mol. The normalized spacial score (nSPS) is 12.8. The van der Waals surface area contributed by atoms with Crippen molar-refractivity contribution in [1.82, 2.24) is 9.80 Å². The van der Waals surface area contributed by atoms with Gasteiger partial charge in [-0.15, -0.1) is 0 Å². The summed E-state index contributed by atoms with van der Waals surface area (Å²) in [6.07, 6.45) is 1.31. The van der Waals surface area contributed by atoms with Gasteiger partial charge < -0.3 is 9.80 Å². The Morgan fingerprint density at radius 2 is 1.23 bits per heavy atom. The molecule has 0 radical (unpaired) electrons. The quantitative estimate of drug-likeness (QED) is 0.605. The van der Waals surface area contributed by atoms with Crippen molar-refractivity contribution in [2.75, 3.05) is 41.3 Å². The maximum absolute atomic E-state index is 2.22. The van der Waals surface area contributed by atoms with Crippen LogP contribution in [0.2, 0.25) is 4.59 Å². The van der Waals surface area contributed by atoms with E-state index < -0.39 is 0 Å². The molecule has 0 spiro atoms. The number of hydrogen-bond acceptors (Lipinski definition) is 2. The van der Waals surface area contributed by atoms with E-state index >= 15 is 0 Å². The number of nitrogens with zero attached hydrogens (tertiary/aromatic N) is 2. The third kappa shape index (κ3) is 24.5. The summed E-state index contributed by atoms with van der Waals surface area (Å²) in [7, 11) is 8.35. The van der Waals surface area contributed by atoms with Crippen molar-refractivity contribution < 1.29 is 0 Å². The van der Waals surface area contributed by atoms with Gasteiger partial charge in [0, 0.05) is 13.1 Å². The second-order valence-electron chi connectivity index (χ2n) is 4.41. The van der Waals surface area contributed by atoms with Crippen LogP contribution in [0.5, 0.6) is 0 Å². The molecular weight excluding hydrogens is 155 g/mol. The molecule has 0 aliphatic heterocycles. The molecule has 0 saturated carbocycles. The van der Waals surface area contributed by atoms with Crippen molar-refractivity contribution in [1.29, 1.82) is 0 Å². The van der Waals surface area contributed by atoms with Crippen LogP contribution in [0.3, 0.4) is 0 Å². The van der Waals surface area contributed by atoms with E-state index in [0.717, 1.165) is 17.7 Å². The number of rotatable bonds is 4. The predicted octanol–water partition coefficient (Wildman–Crippen LogP) is 1.48. The second-order valence-corrected chi connectivity index (χ2v) is 4.41. The van der Waals surface area contributed by atoms with Crippen LogP contribution >= 0.6 is 0 Å². The van der Waals surface area contributed by atoms with E-state index in [1.807, 2.05) is 0 Å². The van der Waals surface area contributed by atoms with Crippen molar-refractivity contribution in [2.45, 2.75) is 24.9 Å². The summed E-state index contributed by atoms with van der Waals surface area (Å²) in [5, 5.41) is 0. The van der Waals surface area contributed by atoms with Crippen molar-refractivity contribution >= 4 is 17.7 Å². The van der Waals surface area contributed by atoms with Gasteiger partial charge in [-0.25, -0.2) is 0 Å². The molecule has 1 unspecified atom stereocenters. The van der Waals surface area contributed by atoms with Crippen LogP contribution in [0.15, 0.2) is 0 Å². The van der Waals surface area contributed by atoms with Crippen LogP contribution in [0, 0.1) is 0 Å². The van der Waals surface area contributed by atoms with Gasteiger partial charge in [-0.2, -0.15) is 0 Å². The van der Waals surface area contributed by atoms with E-state index in [0.29, 0.717) is 0 Å². The Morgan fingerprint density at radius 1 is 1.00 bits per heavy atom. The Hall–Kier alpha value is 0.517. The fourth-order valence-electron chi connectivity index (χ4n) is 0.400. The van der Waals surface area contributed by atoms with Crippen molar-refractivity contribution in [3.63, 3.8) is 0 Å². The fraction of sp³-hybridized carbons (Fsp3) is 1.00. The molecule has 0 N–H and O–H groups in total. The van der Waals surface area contributed by atoms with E-state index in [4.69, 9.17) is 0 Å². The average Bonchev–Trinajstić information content (AvgIpc) is 2.02. The molecule has 0 aromatic carbocycles. The first-order chi connectivity index (χ1) is 5.90. The second kappa shape index (κ2) is 10.6. The maximum atomic E-state index is 2.22. The van der Waals surface area contributed by atoms with Gasteiger partial charge in [-0.05, 0) is 28.2 Å². The molecule has 3 heteroatoms. The Labute approximate surface area is 93.9 Å². The van der Waals surface area contributed by atoms with Gasteiger partial charge >= 0.3 is 42.6 Å². The first kappa shape index (κ1) is 16.0. The average molecular weight is 180 g/mol. The molecule has 2 nitrogen and oxygen atoms in total. The van der Waals surface area contributed by atoms with E-state index in [9.17, 15) is 0 Å². The SMILES string of the molecule is CN(C)CCN(C)C.[Li][CH](C)CC. The molecule has 0 bridgehead atoms. The molecule has 0 aromatic rings. The molecule has 0 rings (SSSR count). The van der Waals surface area contributed by atoms with E-state index in [-0.39, 0.29) is 0 Å². The van der Waals surface area contributed by atoms with Gasteiger partial charge in [0.1, 0.15) is 0 Å². The summed E-state index contributed by atoms with van der Waals surface area (Å²) in [6.45, 7) is 6.71. The number of likely N-dealkylation sites (N-methyl/N-ethyl adjacent to an activating group) is 2. The molecule has 76 valence electrons. The standard InChI is InChI=1S/C6H16N2.C4H9.Li/c1-7(2)5-6-8(3)4;1-3-4-2;/h5-6H2,1-4H3;3H,4H2,1-2H3;. The van der Waals surface area contributed by atoms with E-state index in [1.54, 1.807) is 0 Å². The fourth-order valence-corrected chi connectivity index (χ4v) is 0.400. The van der Waals surface area contributed by atoms with E-state index in [1.165, 1.54) is 6.42 Å². The molecular formula is C10H25LiN2. The third-order valence-corrected chi connectivity index (χ3v) is 1.81. The molecule has 0 heterocycles. The monoisotopic (exact) mass is 180 g/mol. The van der Waals surface area contributed by atoms with Crippen molar-refractivity contribution in [3.05, 3.63) is 0 Å². The first-order valence-corrected chi connectivity index (χ1v) is 5.19. The van der Waals surface area contributed by atoms with Crippen LogP contribution in [0.4, 0.5) is 0 Å². The summed E-state index contributed by atoms with van der Waals surface area (Å²) in [5.74, 6) is 0. The van der Waals surface area contributed by atoms with Gasteiger partial charge in [0.05, 0.1) is 0 Å². The van der Waals surface area contributed by atoms with Crippen LogP contribution in [0.25, 0.3) is 0 Å². The van der Waals surface area contributed by atoms with Gasteiger partial charge in [-0.3, -0.25) is 0 Å². The molecule has 0 aromatic heterocycles. The summed E-state index contributed by atoms with van der Waals surface area (Å²) in [4.78, 5) is 4.36. The van der Waals surface area contributed by atoms with E-state index in [2.05, 4.69) is 69.6 Å². The molecule has 1 atom stereocenters. The Balaban J connectivity index is 0. The van der Waals surface area contributed by atoms with Crippen LogP contribution in [-0.2, 0) is 0 Å². The number of hydrogen-bond donors (Lipinski definition) is 0. The van der Waals surface area contributed by atoms with Crippen molar-refractivity contribution in [2.24, 2.45) is 0 Å². The zero-order valence-corrected chi connectivity index (χ0v) is 10.6. The van der Waals surface area contributed by atoms with Gasteiger partial charge in [0.25, 0.3) is 0 Å². The van der Waals surface area contributed by atoms with Gasteiger partial charge in [0.15, 0.2) is 0 Å². The summed E-state index contributed by atoms with van der Waals surface area (Å²) in [5.41, 5.74) is 0. The minimum atomic E-state index is 0.884. The van der Waals surface area contributed by atoms with Crippen LogP contribution < -0.4 is 0 Å². The van der Waals surface area contributed by atoms with Crippen LogP contribution in [0.1, 0.15) is 20.3 Å². The Bertz CT molecular complexity index is 84.9. The minimum absolute atomic E-state index is 0.884. The summed E-state index contributed by atoms with van der Waals surface area (Å²) >= 11 is 2.22. The first-order valence-electron chi connectivity index (χ1n) is 5.19. The Kier molecular flexibility index (Phi) is 13.0. The third-order valence-electron chi connectivity index (χ3n) is 1.81. The molecule has 0 amide bonds. The topological polar surface area (TPSA) is 6.48 Å². The molecule has 0 saturated heterocycles. The Morgan fingerprint density at radius 3 is 1.31 bits per heavy atom. The van der Waals surface area contributed by atoms with Crippen molar-refractivity contribution in [3.8, 4) is 0 Å². The van der Waals surface area contributed by atoms with Gasteiger partial charge in [-0.1, -0.05) is 0 Å². The zero-order chi connectivity index (χ0) is 10.9. The molecule has 0 aliphatic rings. The molecule has 0 aliphatic carbocycles. The van der Waals surface area contributed by atoms with Gasteiger partial charge in [0.2, 0.25) is 0 Å². The molecule has 13 heavy (non-hydrogen) atoms. The molecule has 0 fully saturated rings.